The van der Waals surface area contributed by atoms with E-state index in [4.69, 9.17) is 4.42 Å². The van der Waals surface area contributed by atoms with E-state index in [1.807, 2.05) is 16.3 Å². The van der Waals surface area contributed by atoms with Crippen LogP contribution in [0.15, 0.2) is 50.4 Å². The largest absolute Gasteiger partial charge is 0.422 e. The molecule has 3 fully saturated rings. The third-order valence-electron chi connectivity index (χ3n) is 5.77. The van der Waals surface area contributed by atoms with Gasteiger partial charge in [-0.25, -0.2) is 9.78 Å². The third kappa shape index (κ3) is 3.23. The number of nitrogens with zero attached hydrogens (tertiary/aromatic N) is 3. The van der Waals surface area contributed by atoms with Crippen molar-refractivity contribution in [3.63, 3.8) is 0 Å². The zero-order valence-corrected chi connectivity index (χ0v) is 16.4. The first-order valence-electron chi connectivity index (χ1n) is 9.60. The summed E-state index contributed by atoms with van der Waals surface area (Å²) in [5.74, 6) is -0.552. The lowest BCUT2D eigenvalue weighted by Crippen LogP contribution is -2.47. The van der Waals surface area contributed by atoms with Crippen LogP contribution in [0.25, 0.3) is 11.0 Å². The molecule has 2 bridgehead atoms. The van der Waals surface area contributed by atoms with Gasteiger partial charge in [0.05, 0.1) is 23.7 Å². The van der Waals surface area contributed by atoms with Gasteiger partial charge in [0, 0.05) is 29.9 Å². The normalized spacial score (nSPS) is 21.6. The van der Waals surface area contributed by atoms with Crippen LogP contribution in [0.4, 0.5) is 0 Å². The summed E-state index contributed by atoms with van der Waals surface area (Å²) in [5, 5.41) is 2.64. The molecule has 0 aliphatic carbocycles. The second-order valence-corrected chi connectivity index (χ2v) is 8.29. The van der Waals surface area contributed by atoms with Crippen molar-refractivity contribution >= 4 is 34.1 Å². The van der Waals surface area contributed by atoms with Crippen molar-refractivity contribution in [3.8, 4) is 0 Å². The van der Waals surface area contributed by atoms with Crippen molar-refractivity contribution in [2.75, 3.05) is 13.1 Å². The fourth-order valence-electron chi connectivity index (χ4n) is 4.29. The van der Waals surface area contributed by atoms with E-state index in [2.05, 4.69) is 4.98 Å². The van der Waals surface area contributed by atoms with Crippen molar-refractivity contribution in [1.82, 2.24) is 14.8 Å². The Kier molecular flexibility index (Phi) is 4.43. The fraction of sp³-hybridized carbons (Fsp3) is 0.333. The first-order chi connectivity index (χ1) is 14.1. The Labute approximate surface area is 170 Å². The number of thiazole rings is 1. The van der Waals surface area contributed by atoms with Gasteiger partial charge in [-0.3, -0.25) is 9.59 Å². The van der Waals surface area contributed by atoms with E-state index in [-0.39, 0.29) is 29.3 Å². The molecule has 3 saturated heterocycles. The predicted molar refractivity (Wildman–Crippen MR) is 108 cm³/mol. The van der Waals surface area contributed by atoms with Gasteiger partial charge in [-0.15, -0.1) is 11.3 Å². The lowest BCUT2D eigenvalue weighted by Gasteiger charge is -2.35. The molecule has 3 aromatic rings. The van der Waals surface area contributed by atoms with E-state index in [0.717, 1.165) is 18.5 Å². The number of fused-ring (bicyclic) bond motifs is 5. The number of carbonyl (C=O) groups is 2. The van der Waals surface area contributed by atoms with Crippen molar-refractivity contribution in [2.45, 2.75) is 25.4 Å². The highest BCUT2D eigenvalue weighted by Gasteiger charge is 2.42. The maximum atomic E-state index is 13.2. The summed E-state index contributed by atoms with van der Waals surface area (Å²) >= 11 is 1.50. The Balaban J connectivity index is 1.44. The molecule has 3 aliphatic heterocycles. The summed E-state index contributed by atoms with van der Waals surface area (Å²) in [5.41, 5.74) is 2.45. The standard InChI is InChI=1S/C21H19N3O4S/c25-19-14-5-6-16(24(19)9-15-11-29-12-22-15)10-23(8-14)20(26)17-7-13-3-1-2-4-18(13)28-21(17)27/h1-4,7,11-12,14,16H,5-6,8-10H2/t14-,16+/m0/s1. The van der Waals surface area contributed by atoms with Gasteiger partial charge in [0.2, 0.25) is 5.91 Å². The topological polar surface area (TPSA) is 83.7 Å². The Bertz CT molecular complexity index is 1140. The maximum Gasteiger partial charge on any atom is 0.349 e. The number of carbonyl (C=O) groups excluding carboxylic acids is 2. The minimum atomic E-state index is -0.643. The molecule has 5 heterocycles. The van der Waals surface area contributed by atoms with E-state index in [0.29, 0.717) is 30.6 Å². The molecule has 0 radical (unpaired) electrons. The van der Waals surface area contributed by atoms with E-state index in [1.165, 1.54) is 11.3 Å². The molecule has 0 N–H and O–H groups in total. The molecule has 29 heavy (non-hydrogen) atoms. The van der Waals surface area contributed by atoms with Gasteiger partial charge in [0.25, 0.3) is 5.91 Å². The van der Waals surface area contributed by atoms with E-state index in [1.54, 1.807) is 34.7 Å². The van der Waals surface area contributed by atoms with Gasteiger partial charge in [0.15, 0.2) is 0 Å². The zero-order chi connectivity index (χ0) is 20.0. The lowest BCUT2D eigenvalue weighted by molar-refractivity contribution is -0.140. The van der Waals surface area contributed by atoms with E-state index >= 15 is 0 Å². The predicted octanol–water partition coefficient (Wildman–Crippen LogP) is 2.51. The molecule has 7 nitrogen and oxygen atoms in total. The molecule has 3 aliphatic rings. The maximum absolute atomic E-state index is 13.2. The second-order valence-electron chi connectivity index (χ2n) is 7.57. The van der Waals surface area contributed by atoms with Crippen molar-refractivity contribution in [1.29, 1.82) is 0 Å². The lowest BCUT2D eigenvalue weighted by atomic mass is 9.94. The van der Waals surface area contributed by atoms with Crippen LogP contribution in [0.2, 0.25) is 0 Å². The highest BCUT2D eigenvalue weighted by Crippen LogP contribution is 2.31. The number of rotatable bonds is 3. The number of hydrogen-bond acceptors (Lipinski definition) is 6. The van der Waals surface area contributed by atoms with Crippen LogP contribution in [0.1, 0.15) is 28.9 Å². The van der Waals surface area contributed by atoms with Crippen molar-refractivity contribution in [3.05, 3.63) is 62.9 Å². The molecule has 148 valence electrons. The molecule has 8 heteroatoms. The number of piperidine rings is 1. The number of para-hydroxylation sites is 1. The summed E-state index contributed by atoms with van der Waals surface area (Å²) in [7, 11) is 0. The van der Waals surface area contributed by atoms with Crippen LogP contribution in [-0.2, 0) is 11.3 Å². The molecule has 6 rings (SSSR count). The van der Waals surface area contributed by atoms with Crippen molar-refractivity contribution < 1.29 is 14.0 Å². The number of amides is 2. The second kappa shape index (κ2) is 7.11. The van der Waals surface area contributed by atoms with Gasteiger partial charge in [0.1, 0.15) is 11.1 Å². The molecule has 0 unspecified atom stereocenters. The van der Waals surface area contributed by atoms with Crippen LogP contribution in [0, 0.1) is 5.92 Å². The highest BCUT2D eigenvalue weighted by atomic mass is 32.1. The van der Waals surface area contributed by atoms with Crippen LogP contribution >= 0.6 is 11.3 Å². The quantitative estimate of drug-likeness (QED) is 0.621. The molecular formula is C21H19N3O4S. The minimum absolute atomic E-state index is 0.0171. The molecule has 2 aromatic heterocycles. The summed E-state index contributed by atoms with van der Waals surface area (Å²) in [6.07, 6.45) is 1.60. The average Bonchev–Trinajstić information content (AvgIpc) is 3.09. The van der Waals surface area contributed by atoms with E-state index in [9.17, 15) is 14.4 Å². The Morgan fingerprint density at radius 3 is 2.90 bits per heavy atom. The fourth-order valence-corrected chi connectivity index (χ4v) is 4.84. The van der Waals surface area contributed by atoms with Crippen molar-refractivity contribution in [2.24, 2.45) is 5.92 Å². The van der Waals surface area contributed by atoms with Gasteiger partial charge in [-0.2, -0.15) is 0 Å². The monoisotopic (exact) mass is 409 g/mol. The summed E-state index contributed by atoms with van der Waals surface area (Å²) in [6, 6.07) is 8.64. The number of aromatic nitrogens is 1. The zero-order valence-electron chi connectivity index (χ0n) is 15.6. The van der Waals surface area contributed by atoms with Gasteiger partial charge in [-0.05, 0) is 25.0 Å². The minimum Gasteiger partial charge on any atom is -0.422 e. The van der Waals surface area contributed by atoms with Crippen LogP contribution in [0.3, 0.4) is 0 Å². The Morgan fingerprint density at radius 2 is 2.07 bits per heavy atom. The molecule has 1 aromatic carbocycles. The third-order valence-corrected chi connectivity index (χ3v) is 6.40. The first-order valence-corrected chi connectivity index (χ1v) is 10.5. The Hall–Kier alpha value is -3.00. The molecule has 2 atom stereocenters. The van der Waals surface area contributed by atoms with Crippen LogP contribution < -0.4 is 5.63 Å². The van der Waals surface area contributed by atoms with Gasteiger partial charge in [-0.1, -0.05) is 18.2 Å². The first kappa shape index (κ1) is 18.1. The Morgan fingerprint density at radius 1 is 1.21 bits per heavy atom. The number of hydrogen-bond donors (Lipinski definition) is 0. The molecule has 2 amide bonds. The van der Waals surface area contributed by atoms with Crippen LogP contribution in [0.5, 0.6) is 0 Å². The smallest absolute Gasteiger partial charge is 0.349 e. The molecular weight excluding hydrogens is 390 g/mol. The van der Waals surface area contributed by atoms with E-state index < -0.39 is 5.63 Å². The molecule has 0 saturated carbocycles. The highest BCUT2D eigenvalue weighted by molar-refractivity contribution is 7.07. The summed E-state index contributed by atoms with van der Waals surface area (Å²) in [4.78, 5) is 46.4. The van der Waals surface area contributed by atoms with Gasteiger partial charge < -0.3 is 14.2 Å². The SMILES string of the molecule is O=C(c1cc2ccccc2oc1=O)N1C[C@@H]2CC[C@H](C1)N(Cc1cscn1)C2=O. The molecule has 0 spiro atoms. The average molecular weight is 409 g/mol. The summed E-state index contributed by atoms with van der Waals surface area (Å²) < 4.78 is 5.33. The van der Waals surface area contributed by atoms with Gasteiger partial charge >= 0.3 is 5.63 Å². The van der Waals surface area contributed by atoms with Crippen LogP contribution in [-0.4, -0.2) is 45.7 Å². The summed E-state index contributed by atoms with van der Waals surface area (Å²) in [6.45, 7) is 1.20. The number of benzene rings is 1.